The van der Waals surface area contributed by atoms with Crippen molar-refractivity contribution >= 4 is 0 Å². The third kappa shape index (κ3) is 6.01. The van der Waals surface area contributed by atoms with Crippen LogP contribution in [0.5, 0.6) is 0 Å². The Morgan fingerprint density at radius 3 is 2.60 bits per heavy atom. The third-order valence-corrected chi connectivity index (χ3v) is 1.37. The lowest BCUT2D eigenvalue weighted by molar-refractivity contribution is 0.125. The fourth-order valence-corrected chi connectivity index (χ4v) is 0.739. The zero-order valence-corrected chi connectivity index (χ0v) is 6.51. The summed E-state index contributed by atoms with van der Waals surface area (Å²) in [6, 6.07) is 0. The summed E-state index contributed by atoms with van der Waals surface area (Å²) in [6.45, 7) is 3.87. The van der Waals surface area contributed by atoms with Crippen LogP contribution < -0.4 is 5.32 Å². The Balaban J connectivity index is 2.97. The zero-order valence-electron chi connectivity index (χ0n) is 6.51. The molecule has 0 bridgehead atoms. The first-order valence-corrected chi connectivity index (χ1v) is 3.81. The molecule has 1 unspecified atom stereocenters. The van der Waals surface area contributed by atoms with Crippen LogP contribution in [0.15, 0.2) is 0 Å². The Bertz CT molecular complexity index is 68.6. The van der Waals surface area contributed by atoms with Crippen LogP contribution in [0.2, 0.25) is 0 Å². The summed E-state index contributed by atoms with van der Waals surface area (Å²) in [5, 5.41) is 20.6. The summed E-state index contributed by atoms with van der Waals surface area (Å²) >= 11 is 0. The summed E-state index contributed by atoms with van der Waals surface area (Å²) < 4.78 is 0. The molecular formula is C7H17NO2. The molecule has 0 aromatic heterocycles. The van der Waals surface area contributed by atoms with Crippen molar-refractivity contribution in [2.24, 2.45) is 0 Å². The maximum Gasteiger partial charge on any atom is 0.0574 e. The van der Waals surface area contributed by atoms with Gasteiger partial charge in [0.25, 0.3) is 0 Å². The SMILES string of the molecule is CCNCCC(O)CCO. The molecular weight excluding hydrogens is 130 g/mol. The Morgan fingerprint density at radius 2 is 2.10 bits per heavy atom. The summed E-state index contributed by atoms with van der Waals surface area (Å²) in [5.74, 6) is 0. The number of aliphatic hydroxyl groups is 2. The molecule has 0 aromatic rings. The summed E-state index contributed by atoms with van der Waals surface area (Å²) in [4.78, 5) is 0. The molecule has 0 aliphatic carbocycles. The number of hydrogen-bond acceptors (Lipinski definition) is 3. The van der Waals surface area contributed by atoms with Crippen LogP contribution >= 0.6 is 0 Å². The third-order valence-electron chi connectivity index (χ3n) is 1.37. The standard InChI is InChI=1S/C7H17NO2/c1-2-8-5-3-7(10)4-6-9/h7-10H,2-6H2,1H3. The van der Waals surface area contributed by atoms with E-state index in [1.54, 1.807) is 0 Å². The second-order valence-corrected chi connectivity index (χ2v) is 2.31. The number of nitrogens with one attached hydrogen (secondary N) is 1. The van der Waals surface area contributed by atoms with Gasteiger partial charge in [-0.1, -0.05) is 6.92 Å². The molecule has 3 nitrogen and oxygen atoms in total. The number of rotatable bonds is 6. The summed E-state index contributed by atoms with van der Waals surface area (Å²) in [5.41, 5.74) is 0. The van der Waals surface area contributed by atoms with Crippen LogP contribution in [0.1, 0.15) is 19.8 Å². The van der Waals surface area contributed by atoms with E-state index in [0.717, 1.165) is 19.5 Å². The molecule has 1 atom stereocenters. The van der Waals surface area contributed by atoms with Crippen LogP contribution in [-0.2, 0) is 0 Å². The predicted octanol–water partition coefficient (Wildman–Crippen LogP) is -0.271. The van der Waals surface area contributed by atoms with Gasteiger partial charge in [-0.15, -0.1) is 0 Å². The van der Waals surface area contributed by atoms with E-state index in [1.165, 1.54) is 0 Å². The Kier molecular flexibility index (Phi) is 6.91. The lowest BCUT2D eigenvalue weighted by Crippen LogP contribution is -2.20. The van der Waals surface area contributed by atoms with Crippen LogP contribution in [0.25, 0.3) is 0 Å². The molecule has 0 radical (unpaired) electrons. The van der Waals surface area contributed by atoms with Gasteiger partial charge in [0.05, 0.1) is 6.10 Å². The van der Waals surface area contributed by atoms with Crippen LogP contribution in [-0.4, -0.2) is 36.0 Å². The molecule has 0 rings (SSSR count). The minimum Gasteiger partial charge on any atom is -0.396 e. The van der Waals surface area contributed by atoms with Gasteiger partial charge in [0.15, 0.2) is 0 Å². The van der Waals surface area contributed by atoms with E-state index in [0.29, 0.717) is 6.42 Å². The monoisotopic (exact) mass is 147 g/mol. The number of hydrogen-bond donors (Lipinski definition) is 3. The van der Waals surface area contributed by atoms with Gasteiger partial charge < -0.3 is 15.5 Å². The molecule has 0 aliphatic heterocycles. The first-order chi connectivity index (χ1) is 4.81. The molecule has 0 aromatic carbocycles. The van der Waals surface area contributed by atoms with Crippen molar-refractivity contribution in [2.45, 2.75) is 25.9 Å². The summed E-state index contributed by atoms with van der Waals surface area (Å²) in [7, 11) is 0. The van der Waals surface area contributed by atoms with Crippen molar-refractivity contribution in [3.63, 3.8) is 0 Å². The zero-order chi connectivity index (χ0) is 7.82. The average molecular weight is 147 g/mol. The molecule has 3 heteroatoms. The highest BCUT2D eigenvalue weighted by Crippen LogP contribution is 1.94. The second kappa shape index (κ2) is 6.99. The van der Waals surface area contributed by atoms with Crippen LogP contribution in [0, 0.1) is 0 Å². The Labute approximate surface area is 62.1 Å². The molecule has 62 valence electrons. The molecule has 0 fully saturated rings. The van der Waals surface area contributed by atoms with Crippen LogP contribution in [0.3, 0.4) is 0 Å². The van der Waals surface area contributed by atoms with Crippen molar-refractivity contribution < 1.29 is 10.2 Å². The van der Waals surface area contributed by atoms with E-state index in [4.69, 9.17) is 10.2 Å². The van der Waals surface area contributed by atoms with Gasteiger partial charge in [-0.05, 0) is 25.9 Å². The fraction of sp³-hybridized carbons (Fsp3) is 1.00. The Hall–Kier alpha value is -0.120. The first kappa shape index (κ1) is 9.88. The van der Waals surface area contributed by atoms with Gasteiger partial charge in [-0.2, -0.15) is 0 Å². The minimum absolute atomic E-state index is 0.0767. The van der Waals surface area contributed by atoms with Gasteiger partial charge in [0.2, 0.25) is 0 Å². The second-order valence-electron chi connectivity index (χ2n) is 2.31. The van der Waals surface area contributed by atoms with E-state index < -0.39 is 0 Å². The fourth-order valence-electron chi connectivity index (χ4n) is 0.739. The maximum absolute atomic E-state index is 9.08. The van der Waals surface area contributed by atoms with Gasteiger partial charge in [-0.25, -0.2) is 0 Å². The van der Waals surface area contributed by atoms with Crippen LogP contribution in [0.4, 0.5) is 0 Å². The van der Waals surface area contributed by atoms with Gasteiger partial charge in [0, 0.05) is 6.61 Å². The van der Waals surface area contributed by atoms with Crippen molar-refractivity contribution in [3.05, 3.63) is 0 Å². The lowest BCUT2D eigenvalue weighted by atomic mass is 10.2. The normalized spacial score (nSPS) is 13.5. The van der Waals surface area contributed by atoms with Crippen molar-refractivity contribution in [1.82, 2.24) is 5.32 Å². The predicted molar refractivity (Wildman–Crippen MR) is 40.9 cm³/mol. The van der Waals surface area contributed by atoms with Gasteiger partial charge >= 0.3 is 0 Å². The van der Waals surface area contributed by atoms with Crippen molar-refractivity contribution in [3.8, 4) is 0 Å². The molecule has 3 N–H and O–H groups in total. The lowest BCUT2D eigenvalue weighted by Gasteiger charge is -2.07. The molecule has 0 saturated carbocycles. The smallest absolute Gasteiger partial charge is 0.0574 e. The molecule has 0 aliphatic rings. The van der Waals surface area contributed by atoms with E-state index in [9.17, 15) is 0 Å². The van der Waals surface area contributed by atoms with E-state index >= 15 is 0 Å². The van der Waals surface area contributed by atoms with Gasteiger partial charge in [0.1, 0.15) is 0 Å². The van der Waals surface area contributed by atoms with E-state index in [2.05, 4.69) is 5.32 Å². The molecule has 0 heterocycles. The first-order valence-electron chi connectivity index (χ1n) is 3.81. The largest absolute Gasteiger partial charge is 0.396 e. The summed E-state index contributed by atoms with van der Waals surface area (Å²) in [6.07, 6.45) is 0.879. The minimum atomic E-state index is -0.343. The van der Waals surface area contributed by atoms with E-state index in [-0.39, 0.29) is 12.7 Å². The molecule has 0 amide bonds. The molecule has 0 spiro atoms. The Morgan fingerprint density at radius 1 is 1.40 bits per heavy atom. The van der Waals surface area contributed by atoms with E-state index in [1.807, 2.05) is 6.92 Å². The topological polar surface area (TPSA) is 52.5 Å². The van der Waals surface area contributed by atoms with Crippen molar-refractivity contribution in [2.75, 3.05) is 19.7 Å². The average Bonchev–Trinajstić information content (AvgIpc) is 1.89. The highest BCUT2D eigenvalue weighted by Gasteiger charge is 2.00. The van der Waals surface area contributed by atoms with Crippen molar-refractivity contribution in [1.29, 1.82) is 0 Å². The number of aliphatic hydroxyl groups excluding tert-OH is 2. The maximum atomic E-state index is 9.08. The highest BCUT2D eigenvalue weighted by atomic mass is 16.3. The highest BCUT2D eigenvalue weighted by molar-refractivity contribution is 4.56. The molecule has 0 saturated heterocycles. The quantitative estimate of drug-likeness (QED) is 0.453. The molecule has 10 heavy (non-hydrogen) atoms. The van der Waals surface area contributed by atoms with Gasteiger partial charge in [-0.3, -0.25) is 0 Å².